The molecule has 2 N–H and O–H groups in total. The van der Waals surface area contributed by atoms with Crippen molar-refractivity contribution in [2.45, 2.75) is 63.8 Å². The summed E-state index contributed by atoms with van der Waals surface area (Å²) in [6.45, 7) is 5.98. The summed E-state index contributed by atoms with van der Waals surface area (Å²) in [6.07, 6.45) is 2.73. The Labute approximate surface area is 192 Å². The molecule has 0 saturated carbocycles. The van der Waals surface area contributed by atoms with Gasteiger partial charge < -0.3 is 25.0 Å². The van der Waals surface area contributed by atoms with Crippen LogP contribution in [0.1, 0.15) is 40.0 Å². The molecule has 3 heterocycles. The highest BCUT2D eigenvalue weighted by molar-refractivity contribution is 5.91. The Morgan fingerprint density at radius 3 is 2.58 bits per heavy atom. The third-order valence-electron chi connectivity index (χ3n) is 6.11. The summed E-state index contributed by atoms with van der Waals surface area (Å²) in [7, 11) is 0. The molecule has 1 aromatic carbocycles. The van der Waals surface area contributed by atoms with E-state index in [4.69, 9.17) is 4.74 Å². The number of nitrogens with one attached hydrogen (secondary N) is 1. The molecular weight excluding hydrogens is 424 g/mol. The zero-order valence-electron chi connectivity index (χ0n) is 19.2. The molecule has 2 fully saturated rings. The summed E-state index contributed by atoms with van der Waals surface area (Å²) >= 11 is 0. The predicted octanol–water partition coefficient (Wildman–Crippen LogP) is 2.78. The monoisotopic (exact) mass is 454 g/mol. The second kappa shape index (κ2) is 8.88. The van der Waals surface area contributed by atoms with Gasteiger partial charge in [0, 0.05) is 30.7 Å². The van der Waals surface area contributed by atoms with Crippen molar-refractivity contribution in [2.24, 2.45) is 0 Å². The molecule has 9 heteroatoms. The molecule has 4 rings (SSSR count). The first-order valence-corrected chi connectivity index (χ1v) is 11.3. The zero-order valence-corrected chi connectivity index (χ0v) is 19.2. The van der Waals surface area contributed by atoms with Crippen LogP contribution in [0.15, 0.2) is 36.5 Å². The van der Waals surface area contributed by atoms with Crippen LogP contribution in [-0.2, 0) is 14.3 Å². The molecule has 0 unspecified atom stereocenters. The molecule has 0 radical (unpaired) electrons. The van der Waals surface area contributed by atoms with Crippen LogP contribution >= 0.6 is 0 Å². The van der Waals surface area contributed by atoms with E-state index in [1.807, 2.05) is 35.2 Å². The van der Waals surface area contributed by atoms with Crippen LogP contribution in [-0.4, -0.2) is 69.8 Å². The molecule has 0 bridgehead atoms. The number of rotatable bonds is 3. The lowest BCUT2D eigenvalue weighted by molar-refractivity contribution is -0.150. The van der Waals surface area contributed by atoms with E-state index >= 15 is 0 Å². The van der Waals surface area contributed by atoms with Gasteiger partial charge in [-0.2, -0.15) is 0 Å². The first-order chi connectivity index (χ1) is 15.6. The fraction of sp³-hybridized carbons (Fsp3) is 0.500. The van der Waals surface area contributed by atoms with Crippen molar-refractivity contribution < 1.29 is 24.2 Å². The molecule has 2 aliphatic rings. The van der Waals surface area contributed by atoms with Gasteiger partial charge in [-0.15, -0.1) is 0 Å². The normalized spacial score (nSPS) is 23.6. The van der Waals surface area contributed by atoms with Gasteiger partial charge in [-0.3, -0.25) is 4.79 Å². The second-order valence-electron chi connectivity index (χ2n) is 9.65. The van der Waals surface area contributed by atoms with Crippen molar-refractivity contribution in [3.05, 3.63) is 36.5 Å². The van der Waals surface area contributed by atoms with Crippen molar-refractivity contribution in [2.75, 3.05) is 18.0 Å². The molecule has 0 aliphatic carbocycles. The number of anilines is 1. The number of carboxylic acids is 1. The predicted molar refractivity (Wildman–Crippen MR) is 123 cm³/mol. The highest BCUT2D eigenvalue weighted by Crippen LogP contribution is 2.30. The molecule has 2 amide bonds. The number of benzene rings is 1. The maximum Gasteiger partial charge on any atom is 0.408 e. The number of alkyl carbamates (subject to hydrolysis) is 1. The zero-order chi connectivity index (χ0) is 23.8. The fourth-order valence-electron chi connectivity index (χ4n) is 4.63. The Hall–Kier alpha value is -3.36. The minimum absolute atomic E-state index is 0.166. The summed E-state index contributed by atoms with van der Waals surface area (Å²) in [5.41, 5.74) is -0.728. The Bertz CT molecular complexity index is 1070. The lowest BCUT2D eigenvalue weighted by Crippen LogP contribution is -2.60. The van der Waals surface area contributed by atoms with Crippen molar-refractivity contribution in [3.63, 3.8) is 0 Å². The number of hydrogen-bond donors (Lipinski definition) is 2. The van der Waals surface area contributed by atoms with Gasteiger partial charge in [0.25, 0.3) is 0 Å². The van der Waals surface area contributed by atoms with Crippen LogP contribution < -0.4 is 10.2 Å². The third kappa shape index (κ3) is 5.02. The number of carbonyl (C=O) groups excluding carboxylic acids is 2. The number of carbonyl (C=O) groups is 3. The number of ether oxygens (including phenoxy) is 1. The molecule has 176 valence electrons. The minimum atomic E-state index is -1.02. The number of pyridine rings is 1. The molecule has 3 atom stereocenters. The topological polar surface area (TPSA) is 112 Å². The van der Waals surface area contributed by atoms with Crippen molar-refractivity contribution >= 4 is 34.6 Å². The minimum Gasteiger partial charge on any atom is -0.480 e. The van der Waals surface area contributed by atoms with E-state index in [-0.39, 0.29) is 12.6 Å². The SMILES string of the molecule is CC(C)(C)OC(=O)N[C@H]1CN(c2cc3ccccc3cn2)CC[C@H]2CC[C@@H](C(=O)O)N2C1=O. The maximum atomic E-state index is 13.5. The van der Waals surface area contributed by atoms with Crippen LogP contribution in [0.4, 0.5) is 10.6 Å². The lowest BCUT2D eigenvalue weighted by atomic mass is 10.1. The first kappa shape index (κ1) is 22.8. The van der Waals surface area contributed by atoms with E-state index in [2.05, 4.69) is 10.3 Å². The molecule has 2 saturated heterocycles. The number of amides is 2. The largest absolute Gasteiger partial charge is 0.480 e. The third-order valence-corrected chi connectivity index (χ3v) is 6.11. The van der Waals surface area contributed by atoms with E-state index in [1.165, 1.54) is 4.90 Å². The Morgan fingerprint density at radius 1 is 1.15 bits per heavy atom. The maximum absolute atomic E-state index is 13.5. The first-order valence-electron chi connectivity index (χ1n) is 11.3. The molecule has 9 nitrogen and oxygen atoms in total. The van der Waals surface area contributed by atoms with Crippen molar-refractivity contribution in [1.82, 2.24) is 15.2 Å². The summed E-state index contributed by atoms with van der Waals surface area (Å²) in [4.78, 5) is 45.9. The summed E-state index contributed by atoms with van der Waals surface area (Å²) in [5.74, 6) is -0.713. The van der Waals surface area contributed by atoms with Gasteiger partial charge in [0.1, 0.15) is 23.5 Å². The van der Waals surface area contributed by atoms with Gasteiger partial charge in [0.15, 0.2) is 0 Å². The smallest absolute Gasteiger partial charge is 0.408 e. The second-order valence-corrected chi connectivity index (χ2v) is 9.65. The van der Waals surface area contributed by atoms with Crippen molar-refractivity contribution in [1.29, 1.82) is 0 Å². The summed E-state index contributed by atoms with van der Waals surface area (Å²) in [6, 6.07) is 7.82. The highest BCUT2D eigenvalue weighted by Gasteiger charge is 2.45. The van der Waals surface area contributed by atoms with Crippen molar-refractivity contribution in [3.8, 4) is 0 Å². The number of aromatic nitrogens is 1. The molecular formula is C24H30N4O5. The highest BCUT2D eigenvalue weighted by atomic mass is 16.6. The van der Waals surface area contributed by atoms with Crippen LogP contribution in [0.2, 0.25) is 0 Å². The van der Waals surface area contributed by atoms with E-state index in [1.54, 1.807) is 27.0 Å². The molecule has 0 spiro atoms. The summed E-state index contributed by atoms with van der Waals surface area (Å²) in [5, 5.41) is 14.4. The number of nitrogens with zero attached hydrogens (tertiary/aromatic N) is 3. The van der Waals surface area contributed by atoms with Crippen LogP contribution in [0.25, 0.3) is 10.8 Å². The van der Waals surface area contributed by atoms with Crippen LogP contribution in [0, 0.1) is 0 Å². The Morgan fingerprint density at radius 2 is 1.88 bits per heavy atom. The van der Waals surface area contributed by atoms with E-state index in [0.29, 0.717) is 31.6 Å². The number of aliphatic carboxylic acids is 1. The average molecular weight is 455 g/mol. The van der Waals surface area contributed by atoms with E-state index in [0.717, 1.165) is 10.8 Å². The number of carboxylic acid groups (broad SMARTS) is 1. The Kier molecular flexibility index (Phi) is 6.14. The molecule has 2 aliphatic heterocycles. The van der Waals surface area contributed by atoms with E-state index < -0.39 is 35.7 Å². The van der Waals surface area contributed by atoms with Crippen LogP contribution in [0.3, 0.4) is 0 Å². The molecule has 1 aromatic heterocycles. The van der Waals surface area contributed by atoms with Crippen LogP contribution in [0.5, 0.6) is 0 Å². The lowest BCUT2D eigenvalue weighted by Gasteiger charge is -2.38. The van der Waals surface area contributed by atoms with Gasteiger partial charge in [-0.05, 0) is 51.5 Å². The van der Waals surface area contributed by atoms with Gasteiger partial charge in [0.2, 0.25) is 5.91 Å². The fourth-order valence-corrected chi connectivity index (χ4v) is 4.63. The van der Waals surface area contributed by atoms with Gasteiger partial charge in [-0.25, -0.2) is 14.6 Å². The molecule has 2 aromatic rings. The molecule has 33 heavy (non-hydrogen) atoms. The summed E-state index contributed by atoms with van der Waals surface area (Å²) < 4.78 is 5.37. The number of hydrogen-bond acceptors (Lipinski definition) is 6. The average Bonchev–Trinajstić information content (AvgIpc) is 3.16. The number of fused-ring (bicyclic) bond motifs is 2. The standard InChI is InChI=1S/C24H30N4O5/c1-24(2,3)33-23(32)26-18-14-27(20-12-15-6-4-5-7-16(15)13-25-20)11-10-17-8-9-19(22(30)31)28(17)21(18)29/h4-7,12-13,17-19H,8-11,14H2,1-3H3,(H,26,32)(H,30,31)/t17-,18+,19+/m1/s1. The van der Waals surface area contributed by atoms with Gasteiger partial charge in [-0.1, -0.05) is 24.3 Å². The van der Waals surface area contributed by atoms with Gasteiger partial charge >= 0.3 is 12.1 Å². The van der Waals surface area contributed by atoms with Gasteiger partial charge in [0.05, 0.1) is 0 Å². The van der Waals surface area contributed by atoms with E-state index in [9.17, 15) is 19.5 Å². The quantitative estimate of drug-likeness (QED) is 0.733. The Balaban J connectivity index is 1.64.